The molecule has 1 aliphatic rings. The number of benzene rings is 1. The lowest BCUT2D eigenvalue weighted by Crippen LogP contribution is -2.59. The van der Waals surface area contributed by atoms with Crippen LogP contribution >= 0.6 is 0 Å². The van der Waals surface area contributed by atoms with Crippen LogP contribution in [0.1, 0.15) is 43.1 Å². The maximum atomic E-state index is 12.6. The van der Waals surface area contributed by atoms with E-state index < -0.39 is 0 Å². The van der Waals surface area contributed by atoms with Crippen molar-refractivity contribution in [2.75, 3.05) is 6.54 Å². The molecule has 112 valence electrons. The lowest BCUT2D eigenvalue weighted by atomic mass is 9.73. The van der Waals surface area contributed by atoms with Crippen molar-refractivity contribution in [3.8, 4) is 0 Å². The minimum absolute atomic E-state index is 0.133. The van der Waals surface area contributed by atoms with Crippen LogP contribution in [0.2, 0.25) is 0 Å². The number of aromatic nitrogens is 2. The minimum atomic E-state index is -0.296. The number of carbonyl (C=O) groups is 1. The number of para-hydroxylation sites is 1. The zero-order valence-corrected chi connectivity index (χ0v) is 12.4. The molecule has 2 atom stereocenters. The molecule has 1 amide bonds. The highest BCUT2D eigenvalue weighted by Gasteiger charge is 2.38. The molecule has 0 bridgehead atoms. The third-order valence-corrected chi connectivity index (χ3v) is 4.87. The summed E-state index contributed by atoms with van der Waals surface area (Å²) in [6.45, 7) is 2.65. The molecular formula is C16H22N4O. The van der Waals surface area contributed by atoms with Crippen molar-refractivity contribution in [2.24, 2.45) is 11.7 Å². The molecule has 0 spiro atoms. The Morgan fingerprint density at radius 2 is 2.29 bits per heavy atom. The maximum absolute atomic E-state index is 12.6. The Balaban J connectivity index is 1.88. The van der Waals surface area contributed by atoms with Gasteiger partial charge in [-0.25, -0.2) is 0 Å². The second-order valence-corrected chi connectivity index (χ2v) is 6.08. The van der Waals surface area contributed by atoms with E-state index in [-0.39, 0.29) is 11.4 Å². The quantitative estimate of drug-likeness (QED) is 0.808. The Bertz CT molecular complexity index is 651. The van der Waals surface area contributed by atoms with E-state index in [2.05, 4.69) is 22.4 Å². The Kier molecular flexibility index (Phi) is 3.68. The molecule has 0 aliphatic heterocycles. The molecule has 5 heteroatoms. The van der Waals surface area contributed by atoms with Crippen molar-refractivity contribution in [2.45, 2.75) is 38.1 Å². The fraction of sp³-hybridized carbons (Fsp3) is 0.500. The van der Waals surface area contributed by atoms with Crippen molar-refractivity contribution in [1.82, 2.24) is 15.5 Å². The third-order valence-electron chi connectivity index (χ3n) is 4.87. The van der Waals surface area contributed by atoms with E-state index in [1.54, 1.807) is 0 Å². The Morgan fingerprint density at radius 1 is 1.48 bits per heavy atom. The summed E-state index contributed by atoms with van der Waals surface area (Å²) in [6.07, 6.45) is 4.38. The summed E-state index contributed by atoms with van der Waals surface area (Å²) in [6, 6.07) is 7.66. The normalized spacial score (nSPS) is 25.9. The first-order valence-corrected chi connectivity index (χ1v) is 7.62. The van der Waals surface area contributed by atoms with Crippen LogP contribution in [0.25, 0.3) is 10.9 Å². The Hall–Kier alpha value is -1.88. The molecular weight excluding hydrogens is 264 g/mol. The van der Waals surface area contributed by atoms with Gasteiger partial charge in [-0.2, -0.15) is 5.10 Å². The highest BCUT2D eigenvalue weighted by Crippen LogP contribution is 2.33. The van der Waals surface area contributed by atoms with Crippen LogP contribution in [0, 0.1) is 5.92 Å². The van der Waals surface area contributed by atoms with Gasteiger partial charge in [0.2, 0.25) is 0 Å². The number of amides is 1. The van der Waals surface area contributed by atoms with Gasteiger partial charge < -0.3 is 11.1 Å². The second-order valence-electron chi connectivity index (χ2n) is 6.08. The van der Waals surface area contributed by atoms with Crippen LogP contribution in [0.3, 0.4) is 0 Å². The first-order chi connectivity index (χ1) is 10.2. The molecule has 5 nitrogen and oxygen atoms in total. The van der Waals surface area contributed by atoms with E-state index in [1.807, 2.05) is 24.3 Å². The molecule has 1 saturated carbocycles. The fourth-order valence-corrected chi connectivity index (χ4v) is 3.38. The first-order valence-electron chi connectivity index (χ1n) is 7.62. The Labute approximate surface area is 124 Å². The molecule has 1 aliphatic carbocycles. The predicted octanol–water partition coefficient (Wildman–Crippen LogP) is 2.20. The number of H-pyrrole nitrogens is 1. The van der Waals surface area contributed by atoms with Gasteiger partial charge in [-0.15, -0.1) is 0 Å². The highest BCUT2D eigenvalue weighted by atomic mass is 16.2. The van der Waals surface area contributed by atoms with E-state index in [1.165, 1.54) is 6.42 Å². The van der Waals surface area contributed by atoms with Gasteiger partial charge in [0.1, 0.15) is 0 Å². The van der Waals surface area contributed by atoms with Gasteiger partial charge in [0, 0.05) is 11.9 Å². The number of fused-ring (bicyclic) bond motifs is 1. The van der Waals surface area contributed by atoms with E-state index in [0.717, 1.165) is 30.2 Å². The number of nitrogens with one attached hydrogen (secondary N) is 2. The average Bonchev–Trinajstić information content (AvgIpc) is 2.94. The largest absolute Gasteiger partial charge is 0.344 e. The van der Waals surface area contributed by atoms with Crippen molar-refractivity contribution < 1.29 is 4.79 Å². The monoisotopic (exact) mass is 286 g/mol. The van der Waals surface area contributed by atoms with Gasteiger partial charge in [-0.3, -0.25) is 9.89 Å². The molecule has 0 saturated heterocycles. The third kappa shape index (κ3) is 2.42. The van der Waals surface area contributed by atoms with Crippen LogP contribution in [-0.2, 0) is 0 Å². The molecule has 2 aromatic rings. The van der Waals surface area contributed by atoms with Crippen LogP contribution in [-0.4, -0.2) is 28.2 Å². The average molecular weight is 286 g/mol. The van der Waals surface area contributed by atoms with E-state index in [0.29, 0.717) is 18.2 Å². The first kappa shape index (κ1) is 14.1. The number of carbonyl (C=O) groups excluding carboxylic acids is 1. The van der Waals surface area contributed by atoms with Crippen LogP contribution in [0.15, 0.2) is 24.3 Å². The van der Waals surface area contributed by atoms with E-state index in [4.69, 9.17) is 5.73 Å². The maximum Gasteiger partial charge on any atom is 0.272 e. The number of aromatic amines is 1. The zero-order chi connectivity index (χ0) is 14.9. The minimum Gasteiger partial charge on any atom is -0.344 e. The molecule has 4 N–H and O–H groups in total. The molecule has 3 rings (SSSR count). The van der Waals surface area contributed by atoms with Gasteiger partial charge in [0.25, 0.3) is 5.91 Å². The summed E-state index contributed by atoms with van der Waals surface area (Å²) >= 11 is 0. The SMILES string of the molecule is CC1CCCCC1(CN)NC(=O)c1n[nH]c2ccccc12. The Morgan fingerprint density at radius 3 is 3.05 bits per heavy atom. The van der Waals surface area contributed by atoms with Gasteiger partial charge >= 0.3 is 0 Å². The van der Waals surface area contributed by atoms with Crippen molar-refractivity contribution in [3.63, 3.8) is 0 Å². The summed E-state index contributed by atoms with van der Waals surface area (Å²) in [5.74, 6) is 0.261. The number of hydrogen-bond donors (Lipinski definition) is 3. The smallest absolute Gasteiger partial charge is 0.272 e. The molecule has 21 heavy (non-hydrogen) atoms. The number of hydrogen-bond acceptors (Lipinski definition) is 3. The zero-order valence-electron chi connectivity index (χ0n) is 12.4. The topological polar surface area (TPSA) is 83.8 Å². The van der Waals surface area contributed by atoms with Gasteiger partial charge in [0.05, 0.1) is 11.1 Å². The fourth-order valence-electron chi connectivity index (χ4n) is 3.38. The second kappa shape index (κ2) is 5.48. The predicted molar refractivity (Wildman–Crippen MR) is 83.0 cm³/mol. The highest BCUT2D eigenvalue weighted by molar-refractivity contribution is 6.04. The lowest BCUT2D eigenvalue weighted by Gasteiger charge is -2.42. The van der Waals surface area contributed by atoms with E-state index >= 15 is 0 Å². The summed E-state index contributed by atoms with van der Waals surface area (Å²) in [5, 5.41) is 11.1. The van der Waals surface area contributed by atoms with Crippen molar-refractivity contribution >= 4 is 16.8 Å². The van der Waals surface area contributed by atoms with Crippen LogP contribution < -0.4 is 11.1 Å². The van der Waals surface area contributed by atoms with Crippen LogP contribution in [0.5, 0.6) is 0 Å². The molecule has 2 unspecified atom stereocenters. The molecule has 1 aromatic heterocycles. The molecule has 0 radical (unpaired) electrons. The summed E-state index contributed by atoms with van der Waals surface area (Å²) in [7, 11) is 0. The number of rotatable bonds is 3. The van der Waals surface area contributed by atoms with Crippen LogP contribution in [0.4, 0.5) is 0 Å². The summed E-state index contributed by atoms with van der Waals surface area (Å²) < 4.78 is 0. The van der Waals surface area contributed by atoms with Crippen molar-refractivity contribution in [3.05, 3.63) is 30.0 Å². The molecule has 1 heterocycles. The standard InChI is InChI=1S/C16H22N4O/c1-11-6-4-5-9-16(11,10-17)18-15(21)14-12-7-2-3-8-13(12)19-20-14/h2-3,7-8,11H,4-6,9-10,17H2,1H3,(H,18,21)(H,19,20). The van der Waals surface area contributed by atoms with Gasteiger partial charge in [-0.05, 0) is 24.8 Å². The van der Waals surface area contributed by atoms with Gasteiger partial charge in [0.15, 0.2) is 5.69 Å². The molecule has 1 fully saturated rings. The number of nitrogens with two attached hydrogens (primary N) is 1. The number of nitrogens with zero attached hydrogens (tertiary/aromatic N) is 1. The van der Waals surface area contributed by atoms with Crippen molar-refractivity contribution in [1.29, 1.82) is 0 Å². The van der Waals surface area contributed by atoms with E-state index in [9.17, 15) is 4.79 Å². The summed E-state index contributed by atoms with van der Waals surface area (Å²) in [5.41, 5.74) is 7.03. The van der Waals surface area contributed by atoms with Gasteiger partial charge in [-0.1, -0.05) is 38.0 Å². The molecule has 1 aromatic carbocycles. The lowest BCUT2D eigenvalue weighted by molar-refractivity contribution is 0.0809. The summed E-state index contributed by atoms with van der Waals surface area (Å²) in [4.78, 5) is 12.6.